The topological polar surface area (TPSA) is 61.1 Å². The number of carbonyl (C=O) groups is 1. The summed E-state index contributed by atoms with van der Waals surface area (Å²) in [4.78, 5) is 13.2. The molecule has 1 amide bonds. The van der Waals surface area contributed by atoms with Crippen molar-refractivity contribution in [1.82, 2.24) is 19.7 Å². The largest absolute Gasteiger partial charge is 0.381 e. The maximum absolute atomic E-state index is 15.0. The highest BCUT2D eigenvalue weighted by Gasteiger charge is 2.23. The van der Waals surface area contributed by atoms with E-state index in [1.807, 2.05) is 41.5 Å². The Kier molecular flexibility index (Phi) is 5.43. The zero-order chi connectivity index (χ0) is 22.2. The lowest BCUT2D eigenvalue weighted by atomic mass is 10.0. The van der Waals surface area contributed by atoms with Crippen LogP contribution in [0.4, 0.5) is 4.39 Å². The van der Waals surface area contributed by atoms with Crippen LogP contribution in [0, 0.1) is 5.82 Å². The predicted molar refractivity (Wildman–Crippen MR) is 122 cm³/mol. The molecule has 7 heteroatoms. The number of ether oxygens (including phenoxy) is 1. The second-order valence-electron chi connectivity index (χ2n) is 8.48. The summed E-state index contributed by atoms with van der Waals surface area (Å²) < 4.78 is 24.3. The zero-order valence-electron chi connectivity index (χ0n) is 18.4. The Balaban J connectivity index is 1.56. The highest BCUT2D eigenvalue weighted by molar-refractivity contribution is 6.08. The third-order valence-electron chi connectivity index (χ3n) is 6.40. The van der Waals surface area contributed by atoms with Crippen LogP contribution in [-0.2, 0) is 24.8 Å². The van der Waals surface area contributed by atoms with E-state index in [1.165, 1.54) is 6.07 Å². The maximum Gasteiger partial charge on any atom is 0.253 e. The van der Waals surface area contributed by atoms with Gasteiger partial charge in [0.2, 0.25) is 0 Å². The van der Waals surface area contributed by atoms with Crippen LogP contribution in [0.25, 0.3) is 21.8 Å². The van der Waals surface area contributed by atoms with Crippen molar-refractivity contribution in [3.8, 4) is 0 Å². The van der Waals surface area contributed by atoms with Gasteiger partial charge in [-0.2, -0.15) is 5.10 Å². The summed E-state index contributed by atoms with van der Waals surface area (Å²) in [6, 6.07) is 9.55. The Morgan fingerprint density at radius 1 is 1.25 bits per heavy atom. The fraction of sp³-hybridized carbons (Fsp3) is 0.360. The van der Waals surface area contributed by atoms with Gasteiger partial charge in [0.05, 0.1) is 22.8 Å². The minimum absolute atomic E-state index is 0.0556. The minimum Gasteiger partial charge on any atom is -0.381 e. The average Bonchev–Trinajstić information content (AvgIpc) is 3.36. The standard InChI is InChI=1S/C25H27FN4O2/c1-3-17-5-6-21(26)23-20(25(31)28-19-8-10-32-11-9-19)15-30(24(17)23)14-16-4-7-22-18(12-16)13-27-29(22)2/h4-7,12-13,15,19H,3,8-11,14H2,1-2H3,(H,28,31). The maximum atomic E-state index is 15.0. The third-order valence-corrected chi connectivity index (χ3v) is 6.40. The van der Waals surface area contributed by atoms with Gasteiger partial charge < -0.3 is 14.6 Å². The van der Waals surface area contributed by atoms with E-state index in [0.29, 0.717) is 30.7 Å². The van der Waals surface area contributed by atoms with Crippen molar-refractivity contribution >= 4 is 27.7 Å². The number of fused-ring (bicyclic) bond motifs is 2. The SMILES string of the molecule is CCc1ccc(F)c2c(C(=O)NC3CCOCC3)cn(Cc3ccc4c(cnn4C)c3)c12. The molecule has 1 aliphatic rings. The Labute approximate surface area is 186 Å². The summed E-state index contributed by atoms with van der Waals surface area (Å²) in [5.41, 5.74) is 4.33. The predicted octanol–water partition coefficient (Wildman–Crippen LogP) is 4.19. The van der Waals surface area contributed by atoms with Gasteiger partial charge in [-0.3, -0.25) is 9.48 Å². The zero-order valence-corrected chi connectivity index (χ0v) is 18.4. The summed E-state index contributed by atoms with van der Waals surface area (Å²) in [6.07, 6.45) is 5.95. The first-order valence-electron chi connectivity index (χ1n) is 11.1. The second-order valence-corrected chi connectivity index (χ2v) is 8.48. The quantitative estimate of drug-likeness (QED) is 0.513. The van der Waals surface area contributed by atoms with Crippen LogP contribution >= 0.6 is 0 Å². The summed E-state index contributed by atoms with van der Waals surface area (Å²) in [7, 11) is 1.92. The summed E-state index contributed by atoms with van der Waals surface area (Å²) in [5, 5.41) is 8.86. The highest BCUT2D eigenvalue weighted by atomic mass is 19.1. The molecule has 0 radical (unpaired) electrons. The highest BCUT2D eigenvalue weighted by Crippen LogP contribution is 2.30. The number of aromatic nitrogens is 3. The summed E-state index contributed by atoms with van der Waals surface area (Å²) in [5.74, 6) is -0.591. The Hall–Kier alpha value is -3.19. The van der Waals surface area contributed by atoms with Crippen molar-refractivity contribution < 1.29 is 13.9 Å². The molecule has 0 unspecified atom stereocenters. The van der Waals surface area contributed by atoms with Gasteiger partial charge in [-0.25, -0.2) is 4.39 Å². The number of nitrogens with one attached hydrogen (secondary N) is 1. The van der Waals surface area contributed by atoms with Gasteiger partial charge in [-0.05, 0) is 48.6 Å². The number of nitrogens with zero attached hydrogens (tertiary/aromatic N) is 3. The van der Waals surface area contributed by atoms with Gasteiger partial charge in [0.1, 0.15) is 5.82 Å². The molecule has 0 bridgehead atoms. The molecule has 0 atom stereocenters. The first kappa shape index (κ1) is 20.7. The van der Waals surface area contributed by atoms with Gasteiger partial charge in [0.25, 0.3) is 5.91 Å². The van der Waals surface area contributed by atoms with Crippen LogP contribution in [0.2, 0.25) is 0 Å². The van der Waals surface area contributed by atoms with Crippen LogP contribution in [0.15, 0.2) is 42.7 Å². The summed E-state index contributed by atoms with van der Waals surface area (Å²) in [6.45, 7) is 3.87. The fourth-order valence-corrected chi connectivity index (χ4v) is 4.67. The minimum atomic E-state index is -0.365. The second kappa shape index (κ2) is 8.39. The lowest BCUT2D eigenvalue weighted by molar-refractivity contribution is 0.0697. The smallest absolute Gasteiger partial charge is 0.253 e. The van der Waals surface area contributed by atoms with E-state index < -0.39 is 0 Å². The van der Waals surface area contributed by atoms with Crippen LogP contribution in [0.5, 0.6) is 0 Å². The van der Waals surface area contributed by atoms with Gasteiger partial charge in [0.15, 0.2) is 0 Å². The van der Waals surface area contributed by atoms with E-state index in [9.17, 15) is 4.79 Å². The normalized spacial score (nSPS) is 15.0. The van der Waals surface area contributed by atoms with E-state index in [2.05, 4.69) is 22.5 Å². The Morgan fingerprint density at radius 2 is 2.06 bits per heavy atom. The van der Waals surface area contributed by atoms with E-state index >= 15 is 4.39 Å². The number of halogens is 1. The number of benzene rings is 2. The number of hydrogen-bond acceptors (Lipinski definition) is 3. The molecule has 0 saturated carbocycles. The molecule has 6 nitrogen and oxygen atoms in total. The average molecular weight is 435 g/mol. The molecule has 1 aliphatic heterocycles. The molecule has 1 saturated heterocycles. The van der Waals surface area contributed by atoms with Crippen LogP contribution < -0.4 is 5.32 Å². The number of rotatable bonds is 5. The van der Waals surface area contributed by atoms with Crippen molar-refractivity contribution in [1.29, 1.82) is 0 Å². The van der Waals surface area contributed by atoms with Crippen molar-refractivity contribution in [2.24, 2.45) is 7.05 Å². The Bertz CT molecular complexity index is 1300. The number of aryl methyl sites for hydroxylation is 2. The number of amides is 1. The van der Waals surface area contributed by atoms with E-state index in [0.717, 1.165) is 46.8 Å². The number of hydrogen-bond donors (Lipinski definition) is 1. The molecule has 5 rings (SSSR count). The molecule has 166 valence electrons. The molecular weight excluding hydrogens is 407 g/mol. The van der Waals surface area contributed by atoms with E-state index in [4.69, 9.17) is 4.74 Å². The van der Waals surface area contributed by atoms with E-state index in [-0.39, 0.29) is 17.8 Å². The monoisotopic (exact) mass is 434 g/mol. The van der Waals surface area contributed by atoms with Crippen molar-refractivity contribution in [2.45, 2.75) is 38.8 Å². The first-order chi connectivity index (χ1) is 15.5. The number of carbonyl (C=O) groups excluding carboxylic acids is 1. The van der Waals surface area contributed by atoms with Gasteiger partial charge in [0, 0.05) is 49.8 Å². The molecule has 4 aromatic rings. The molecule has 2 aromatic carbocycles. The van der Waals surface area contributed by atoms with Crippen LogP contribution in [0.1, 0.15) is 41.3 Å². The first-order valence-corrected chi connectivity index (χ1v) is 11.1. The van der Waals surface area contributed by atoms with Crippen LogP contribution in [0.3, 0.4) is 0 Å². The van der Waals surface area contributed by atoms with Gasteiger partial charge in [-0.1, -0.05) is 19.1 Å². The molecule has 2 aromatic heterocycles. The van der Waals surface area contributed by atoms with Crippen molar-refractivity contribution in [2.75, 3.05) is 13.2 Å². The van der Waals surface area contributed by atoms with E-state index in [1.54, 1.807) is 6.20 Å². The van der Waals surface area contributed by atoms with Crippen molar-refractivity contribution in [3.05, 3.63) is 65.2 Å². The molecule has 1 N–H and O–H groups in total. The molecule has 0 aliphatic carbocycles. The fourth-order valence-electron chi connectivity index (χ4n) is 4.67. The molecule has 32 heavy (non-hydrogen) atoms. The Morgan fingerprint density at radius 3 is 2.84 bits per heavy atom. The lowest BCUT2D eigenvalue weighted by Crippen LogP contribution is -2.38. The molecule has 0 spiro atoms. The van der Waals surface area contributed by atoms with Crippen molar-refractivity contribution in [3.63, 3.8) is 0 Å². The molecule has 3 heterocycles. The van der Waals surface area contributed by atoms with Gasteiger partial charge >= 0.3 is 0 Å². The lowest BCUT2D eigenvalue weighted by Gasteiger charge is -2.23. The third kappa shape index (κ3) is 3.66. The van der Waals surface area contributed by atoms with Gasteiger partial charge in [-0.15, -0.1) is 0 Å². The molecule has 1 fully saturated rings. The summed E-state index contributed by atoms with van der Waals surface area (Å²) >= 11 is 0. The molecular formula is C25H27FN4O2. The van der Waals surface area contributed by atoms with Crippen LogP contribution in [-0.4, -0.2) is 39.5 Å².